The molecule has 3 aromatic heterocycles. The fraction of sp³-hybridized carbons (Fsp3) is 0.273. The third kappa shape index (κ3) is 4.04. The summed E-state index contributed by atoms with van der Waals surface area (Å²) in [4.78, 5) is 48.3. The quantitative estimate of drug-likeness (QED) is 0.162. The van der Waals surface area contributed by atoms with Crippen LogP contribution in [0.1, 0.15) is 12.6 Å². The highest BCUT2D eigenvalue weighted by atomic mass is 32.2. The summed E-state index contributed by atoms with van der Waals surface area (Å²) in [5, 5.41) is 15.8. The lowest BCUT2D eigenvalue weighted by Gasteiger charge is -2.49. The Balaban J connectivity index is 1.37. The van der Waals surface area contributed by atoms with E-state index in [1.165, 1.54) is 16.7 Å². The van der Waals surface area contributed by atoms with Crippen molar-refractivity contribution >= 4 is 46.9 Å². The van der Waals surface area contributed by atoms with E-state index in [1.54, 1.807) is 6.92 Å². The highest BCUT2D eigenvalue weighted by Crippen LogP contribution is 2.40. The number of carboxylic acids is 1. The number of carbonyl (C=O) groups excluding carboxylic acids is 2. The van der Waals surface area contributed by atoms with Crippen LogP contribution < -0.4 is 15.6 Å². The van der Waals surface area contributed by atoms with E-state index in [9.17, 15) is 19.5 Å². The maximum absolute atomic E-state index is 13.0. The number of anilines is 1. The Kier molecular flexibility index (Phi) is 6.10. The third-order valence-electron chi connectivity index (χ3n) is 5.73. The number of aromatic nitrogens is 3. The van der Waals surface area contributed by atoms with E-state index in [4.69, 9.17) is 15.0 Å². The van der Waals surface area contributed by atoms with Crippen LogP contribution in [0.4, 0.5) is 6.01 Å². The molecule has 4 N–H and O–H groups in total. The van der Waals surface area contributed by atoms with E-state index >= 15 is 0 Å². The van der Waals surface area contributed by atoms with Crippen LogP contribution in [0, 0.1) is 0 Å². The lowest BCUT2D eigenvalue weighted by atomic mass is 10.0. The number of nitrogen functional groups attached to an aromatic ring is 1. The van der Waals surface area contributed by atoms with E-state index in [0.717, 1.165) is 11.9 Å². The van der Waals surface area contributed by atoms with Gasteiger partial charge in [0.1, 0.15) is 54.6 Å². The van der Waals surface area contributed by atoms with Crippen LogP contribution in [-0.4, -0.2) is 66.7 Å². The third-order valence-corrected chi connectivity index (χ3v) is 7.07. The number of fused-ring (bicyclic) bond motifs is 2. The molecule has 2 aliphatic rings. The summed E-state index contributed by atoms with van der Waals surface area (Å²) in [6.07, 6.45) is 6.78. The van der Waals surface area contributed by atoms with Gasteiger partial charge in [-0.2, -0.15) is 4.98 Å². The van der Waals surface area contributed by atoms with Crippen molar-refractivity contribution in [1.82, 2.24) is 19.6 Å². The highest BCUT2D eigenvalue weighted by Gasteiger charge is 2.54. The van der Waals surface area contributed by atoms with Crippen LogP contribution in [-0.2, 0) is 25.8 Å². The van der Waals surface area contributed by atoms with E-state index in [2.05, 4.69) is 15.5 Å². The number of rotatable bonds is 8. The molecule has 0 spiro atoms. The Morgan fingerprint density at radius 1 is 1.42 bits per heavy atom. The number of oxazole rings is 1. The highest BCUT2D eigenvalue weighted by molar-refractivity contribution is 8.00. The molecule has 2 amide bonds. The number of amides is 2. The molecule has 5 heterocycles. The van der Waals surface area contributed by atoms with Crippen LogP contribution in [0.25, 0.3) is 5.65 Å². The second kappa shape index (κ2) is 9.37. The summed E-state index contributed by atoms with van der Waals surface area (Å²) in [6.45, 7) is 2.19. The van der Waals surface area contributed by atoms with Crippen LogP contribution in [0.15, 0.2) is 63.9 Å². The Morgan fingerprint density at radius 3 is 2.97 bits per heavy atom. The maximum atomic E-state index is 13.0. The van der Waals surface area contributed by atoms with Crippen molar-refractivity contribution in [2.75, 3.05) is 18.1 Å². The molecule has 3 aromatic rings. The first-order valence-corrected chi connectivity index (χ1v) is 12.0. The first-order chi connectivity index (χ1) is 17.4. The van der Waals surface area contributed by atoms with Crippen molar-refractivity contribution in [3.63, 3.8) is 0 Å². The molecular formula is C22H22N7O6S+. The molecule has 14 heteroatoms. The molecule has 5 rings (SSSR count). The molecule has 13 nitrogen and oxygen atoms in total. The molecule has 0 radical (unpaired) electrons. The second-order valence-corrected chi connectivity index (χ2v) is 9.04. The molecule has 186 valence electrons. The predicted octanol–water partition coefficient (Wildman–Crippen LogP) is -0.0236. The Bertz CT molecular complexity index is 1430. The minimum Gasteiger partial charge on any atom is -0.477 e. The fourth-order valence-electron chi connectivity index (χ4n) is 4.13. The summed E-state index contributed by atoms with van der Waals surface area (Å²) in [5.74, 6) is -2.08. The minimum atomic E-state index is -1.20. The zero-order chi connectivity index (χ0) is 25.4. The normalized spacial score (nSPS) is 19.8. The molecule has 0 aliphatic carbocycles. The van der Waals surface area contributed by atoms with E-state index in [-0.39, 0.29) is 29.7 Å². The Morgan fingerprint density at radius 2 is 2.25 bits per heavy atom. The topological polar surface area (TPSA) is 169 Å². The maximum Gasteiger partial charge on any atom is 0.352 e. The summed E-state index contributed by atoms with van der Waals surface area (Å²) in [5.41, 5.74) is 6.75. The van der Waals surface area contributed by atoms with E-state index in [1.807, 2.05) is 45.8 Å². The zero-order valence-corrected chi connectivity index (χ0v) is 19.8. The van der Waals surface area contributed by atoms with Gasteiger partial charge in [-0.3, -0.25) is 14.5 Å². The number of thioether (sulfide) groups is 1. The first-order valence-electron chi connectivity index (χ1n) is 11.0. The van der Waals surface area contributed by atoms with Crippen LogP contribution >= 0.6 is 11.8 Å². The van der Waals surface area contributed by atoms with Gasteiger partial charge < -0.3 is 25.4 Å². The van der Waals surface area contributed by atoms with Gasteiger partial charge >= 0.3 is 5.97 Å². The minimum absolute atomic E-state index is 0.0450. The number of carbonyl (C=O) groups is 3. The number of β-lactam (4-membered cyclic amide) rings is 1. The molecule has 2 atom stereocenters. The number of carboxylic acid groups (broad SMARTS) is 1. The van der Waals surface area contributed by atoms with Gasteiger partial charge in [-0.25, -0.2) is 13.8 Å². The lowest BCUT2D eigenvalue weighted by Crippen LogP contribution is -2.71. The van der Waals surface area contributed by atoms with Gasteiger partial charge in [-0.15, -0.1) is 11.8 Å². The summed E-state index contributed by atoms with van der Waals surface area (Å²) in [7, 11) is 0. The van der Waals surface area contributed by atoms with Crippen LogP contribution in [0.3, 0.4) is 0 Å². The van der Waals surface area contributed by atoms with Gasteiger partial charge in [0.2, 0.25) is 0 Å². The molecular weight excluding hydrogens is 490 g/mol. The molecule has 0 aromatic carbocycles. The number of nitrogens with one attached hydrogen (secondary N) is 1. The Hall–Kier alpha value is -4.33. The smallest absolute Gasteiger partial charge is 0.352 e. The molecule has 0 bridgehead atoms. The SMILES string of the molecule is CCO/N=C(/C(=O)N[C@@H]1C(=O)N2C(C(=O)O)=C(C[n+]3ccn4ccccc43)CS[C@H]12)c1coc(N)n1. The van der Waals surface area contributed by atoms with Crippen LogP contribution in [0.2, 0.25) is 0 Å². The van der Waals surface area contributed by atoms with Crippen molar-refractivity contribution in [1.29, 1.82) is 0 Å². The summed E-state index contributed by atoms with van der Waals surface area (Å²) in [6, 6.07) is 4.61. The van der Waals surface area contributed by atoms with Crippen molar-refractivity contribution in [2.24, 2.45) is 5.16 Å². The van der Waals surface area contributed by atoms with Gasteiger partial charge in [0.05, 0.1) is 6.20 Å². The van der Waals surface area contributed by atoms with Crippen molar-refractivity contribution in [3.8, 4) is 0 Å². The molecule has 0 unspecified atom stereocenters. The number of hydrogen-bond acceptors (Lipinski definition) is 9. The largest absolute Gasteiger partial charge is 0.477 e. The second-order valence-electron chi connectivity index (χ2n) is 7.94. The molecule has 0 saturated carbocycles. The number of hydrogen-bond donors (Lipinski definition) is 3. The van der Waals surface area contributed by atoms with Crippen LogP contribution in [0.5, 0.6) is 0 Å². The molecule has 2 aliphatic heterocycles. The average molecular weight is 513 g/mol. The first kappa shape index (κ1) is 23.4. The number of imidazole rings is 1. The van der Waals surface area contributed by atoms with E-state index in [0.29, 0.717) is 17.9 Å². The Labute approximate surface area is 208 Å². The van der Waals surface area contributed by atoms with Crippen molar-refractivity contribution in [2.45, 2.75) is 24.9 Å². The molecule has 36 heavy (non-hydrogen) atoms. The number of aliphatic carboxylic acids is 1. The average Bonchev–Trinajstić information content (AvgIpc) is 3.48. The van der Waals surface area contributed by atoms with E-state index < -0.39 is 29.2 Å². The fourth-order valence-corrected chi connectivity index (χ4v) is 5.46. The van der Waals surface area contributed by atoms with Gasteiger partial charge in [0.15, 0.2) is 5.71 Å². The number of nitrogens with zero attached hydrogens (tertiary/aromatic N) is 5. The monoisotopic (exact) mass is 512 g/mol. The van der Waals surface area contributed by atoms with Gasteiger partial charge in [0.25, 0.3) is 23.5 Å². The lowest BCUT2D eigenvalue weighted by molar-refractivity contribution is -0.662. The van der Waals surface area contributed by atoms with Gasteiger partial charge in [-0.1, -0.05) is 11.2 Å². The van der Waals surface area contributed by atoms with Gasteiger partial charge in [0, 0.05) is 17.4 Å². The number of pyridine rings is 1. The summed E-state index contributed by atoms with van der Waals surface area (Å²) >= 11 is 1.38. The van der Waals surface area contributed by atoms with Crippen molar-refractivity contribution < 1.29 is 33.3 Å². The number of oxime groups is 1. The molecule has 1 fully saturated rings. The summed E-state index contributed by atoms with van der Waals surface area (Å²) < 4.78 is 8.79. The van der Waals surface area contributed by atoms with Crippen molar-refractivity contribution in [3.05, 3.63) is 60.0 Å². The predicted molar refractivity (Wildman–Crippen MR) is 126 cm³/mol. The number of nitrogens with two attached hydrogens (primary N) is 1. The zero-order valence-electron chi connectivity index (χ0n) is 19.0. The standard InChI is InChI=1S/C22H21N7O6S/c1-2-35-26-15(13-10-34-22(23)24-13)18(30)25-16-19(31)29-17(21(32)33)12(11-36-20(16)29)9-28-8-7-27-6-4-3-5-14(27)28/h3-8,10,16,20H,2,9,11H2,1H3,(H3-,23,24,25,30,32,33)/p+1/b26-15+/t16-,20-/m1/s1. The van der Waals surface area contributed by atoms with Gasteiger partial charge in [-0.05, 0) is 13.0 Å². The molecule has 1 saturated heterocycles.